The van der Waals surface area contributed by atoms with Crippen LogP contribution in [0.5, 0.6) is 5.75 Å². The zero-order valence-corrected chi connectivity index (χ0v) is 19.6. The molecule has 1 aliphatic heterocycles. The predicted molar refractivity (Wildman–Crippen MR) is 127 cm³/mol. The summed E-state index contributed by atoms with van der Waals surface area (Å²) in [4.78, 5) is 18.5. The van der Waals surface area contributed by atoms with Crippen LogP contribution in [0.15, 0.2) is 52.9 Å². The molecule has 1 atom stereocenters. The number of aliphatic carboxylic acids is 1. The Hall–Kier alpha value is -3.12. The van der Waals surface area contributed by atoms with Crippen molar-refractivity contribution in [1.29, 1.82) is 0 Å². The Balaban J connectivity index is 1.33. The van der Waals surface area contributed by atoms with Crippen molar-refractivity contribution in [2.24, 2.45) is 5.41 Å². The first-order valence-electron chi connectivity index (χ1n) is 11.5. The quantitative estimate of drug-likeness (QED) is 0.506. The first-order valence-corrected chi connectivity index (χ1v) is 11.5. The number of rotatable bonds is 8. The minimum absolute atomic E-state index is 0.505. The van der Waals surface area contributed by atoms with Gasteiger partial charge in [0.15, 0.2) is 0 Å². The van der Waals surface area contributed by atoms with E-state index < -0.39 is 11.4 Å². The molecule has 0 saturated carbocycles. The SMILES string of the molecule is Cc1ccc(-c2nc(CCOc3cccc(CN4CCCC(C)(C(=O)O)C4)c3)c(C)o2)cc1. The summed E-state index contributed by atoms with van der Waals surface area (Å²) in [5.74, 6) is 1.55. The molecule has 3 aromatic rings. The summed E-state index contributed by atoms with van der Waals surface area (Å²) in [6.07, 6.45) is 2.30. The molecule has 0 radical (unpaired) electrons. The molecule has 6 heteroatoms. The summed E-state index contributed by atoms with van der Waals surface area (Å²) in [6, 6.07) is 16.2. The van der Waals surface area contributed by atoms with Gasteiger partial charge in [-0.25, -0.2) is 4.98 Å². The fourth-order valence-corrected chi connectivity index (χ4v) is 4.39. The maximum Gasteiger partial charge on any atom is 0.310 e. The molecule has 0 amide bonds. The Morgan fingerprint density at radius 1 is 1.21 bits per heavy atom. The van der Waals surface area contributed by atoms with Gasteiger partial charge in [0.25, 0.3) is 0 Å². The highest BCUT2D eigenvalue weighted by Crippen LogP contribution is 2.31. The summed E-state index contributed by atoms with van der Waals surface area (Å²) in [5.41, 5.74) is 3.54. The molecular formula is C27H32N2O4. The lowest BCUT2D eigenvalue weighted by molar-refractivity contribution is -0.151. The number of hydrogen-bond donors (Lipinski definition) is 1. The molecule has 1 unspecified atom stereocenters. The zero-order valence-electron chi connectivity index (χ0n) is 19.6. The second-order valence-electron chi connectivity index (χ2n) is 9.31. The second-order valence-corrected chi connectivity index (χ2v) is 9.31. The molecule has 33 heavy (non-hydrogen) atoms. The van der Waals surface area contributed by atoms with Gasteiger partial charge in [-0.05, 0) is 70.0 Å². The molecule has 2 heterocycles. The number of carbonyl (C=O) groups is 1. The standard InChI is InChI=1S/C27H32N2O4/c1-19-8-10-22(11-9-19)25-28-24(20(2)33-25)12-15-32-23-7-4-6-21(16-23)17-29-14-5-13-27(3,18-29)26(30)31/h4,6-11,16H,5,12-15,17-18H2,1-3H3,(H,30,31). The number of benzene rings is 2. The third-order valence-electron chi connectivity index (χ3n) is 6.40. The average Bonchev–Trinajstić information content (AvgIpc) is 3.15. The fraction of sp³-hybridized carbons (Fsp3) is 0.407. The molecule has 4 rings (SSSR count). The van der Waals surface area contributed by atoms with Crippen LogP contribution in [0.25, 0.3) is 11.5 Å². The Labute approximate surface area is 195 Å². The van der Waals surface area contributed by atoms with Crippen molar-refractivity contribution in [3.8, 4) is 17.2 Å². The highest BCUT2D eigenvalue weighted by Gasteiger charge is 2.37. The summed E-state index contributed by atoms with van der Waals surface area (Å²) >= 11 is 0. The average molecular weight is 449 g/mol. The number of likely N-dealkylation sites (tertiary alicyclic amines) is 1. The van der Waals surface area contributed by atoms with Crippen LogP contribution >= 0.6 is 0 Å². The third-order valence-corrected chi connectivity index (χ3v) is 6.40. The fourth-order valence-electron chi connectivity index (χ4n) is 4.39. The van der Waals surface area contributed by atoms with Crippen LogP contribution in [0.1, 0.15) is 42.3 Å². The zero-order chi connectivity index (χ0) is 23.4. The van der Waals surface area contributed by atoms with Gasteiger partial charge in [-0.15, -0.1) is 0 Å². The molecule has 6 nitrogen and oxygen atoms in total. The number of carboxylic acids is 1. The van der Waals surface area contributed by atoms with Crippen molar-refractivity contribution in [1.82, 2.24) is 9.88 Å². The van der Waals surface area contributed by atoms with Gasteiger partial charge in [0.1, 0.15) is 11.5 Å². The van der Waals surface area contributed by atoms with E-state index in [1.807, 2.05) is 44.2 Å². The van der Waals surface area contributed by atoms with Gasteiger partial charge >= 0.3 is 5.97 Å². The Kier molecular flexibility index (Phi) is 6.84. The van der Waals surface area contributed by atoms with Gasteiger partial charge in [-0.1, -0.05) is 29.8 Å². The number of carboxylic acid groups (broad SMARTS) is 1. The van der Waals surface area contributed by atoms with Gasteiger partial charge in [0, 0.05) is 25.1 Å². The van der Waals surface area contributed by atoms with Crippen LogP contribution in [0.2, 0.25) is 0 Å². The molecule has 0 bridgehead atoms. The van der Waals surface area contributed by atoms with Crippen molar-refractivity contribution in [3.05, 3.63) is 71.1 Å². The van der Waals surface area contributed by atoms with E-state index in [9.17, 15) is 9.90 Å². The molecule has 1 saturated heterocycles. The lowest BCUT2D eigenvalue weighted by atomic mass is 9.82. The van der Waals surface area contributed by atoms with Gasteiger partial charge < -0.3 is 14.3 Å². The Morgan fingerprint density at radius 3 is 2.76 bits per heavy atom. The lowest BCUT2D eigenvalue weighted by Gasteiger charge is -2.37. The van der Waals surface area contributed by atoms with Gasteiger partial charge in [-0.2, -0.15) is 0 Å². The van der Waals surface area contributed by atoms with Gasteiger partial charge in [0.05, 0.1) is 17.7 Å². The lowest BCUT2D eigenvalue weighted by Crippen LogP contribution is -2.45. The molecule has 2 aromatic carbocycles. The number of nitrogens with zero attached hydrogens (tertiary/aromatic N) is 2. The molecule has 0 aliphatic carbocycles. The highest BCUT2D eigenvalue weighted by atomic mass is 16.5. The normalized spacial score (nSPS) is 18.9. The summed E-state index contributed by atoms with van der Waals surface area (Å²) in [7, 11) is 0. The van der Waals surface area contributed by atoms with Crippen molar-refractivity contribution in [2.75, 3.05) is 19.7 Å². The number of oxazole rings is 1. The molecule has 1 aliphatic rings. The van der Waals surface area contributed by atoms with Crippen LogP contribution in [0, 0.1) is 19.3 Å². The summed E-state index contributed by atoms with van der Waals surface area (Å²) in [5, 5.41) is 9.55. The molecule has 1 N–H and O–H groups in total. The molecule has 0 spiro atoms. The van der Waals surface area contributed by atoms with Crippen molar-refractivity contribution in [3.63, 3.8) is 0 Å². The largest absolute Gasteiger partial charge is 0.493 e. The smallest absolute Gasteiger partial charge is 0.310 e. The van der Waals surface area contributed by atoms with Gasteiger partial charge in [-0.3, -0.25) is 9.69 Å². The number of aryl methyl sites for hydroxylation is 2. The molecule has 1 fully saturated rings. The second kappa shape index (κ2) is 9.79. The number of piperidine rings is 1. The minimum Gasteiger partial charge on any atom is -0.493 e. The first kappa shape index (κ1) is 23.1. The minimum atomic E-state index is -0.710. The highest BCUT2D eigenvalue weighted by molar-refractivity contribution is 5.74. The Morgan fingerprint density at radius 2 is 2.00 bits per heavy atom. The van der Waals surface area contributed by atoms with Crippen molar-refractivity contribution in [2.45, 2.75) is 46.6 Å². The van der Waals surface area contributed by atoms with E-state index in [1.165, 1.54) is 5.56 Å². The van der Waals surface area contributed by atoms with Crippen molar-refractivity contribution < 1.29 is 19.1 Å². The van der Waals surface area contributed by atoms with Crippen LogP contribution in [-0.2, 0) is 17.8 Å². The third kappa shape index (κ3) is 5.63. The maximum atomic E-state index is 11.6. The van der Waals surface area contributed by atoms with E-state index in [2.05, 4.69) is 35.0 Å². The van der Waals surface area contributed by atoms with Crippen LogP contribution < -0.4 is 4.74 Å². The summed E-state index contributed by atoms with van der Waals surface area (Å²) < 4.78 is 11.9. The Bertz CT molecular complexity index is 1110. The molecule has 1 aromatic heterocycles. The van der Waals surface area contributed by atoms with E-state index in [4.69, 9.17) is 9.15 Å². The van der Waals surface area contributed by atoms with E-state index in [-0.39, 0.29) is 0 Å². The van der Waals surface area contributed by atoms with E-state index in [1.54, 1.807) is 0 Å². The van der Waals surface area contributed by atoms with E-state index >= 15 is 0 Å². The van der Waals surface area contributed by atoms with E-state index in [0.29, 0.717) is 25.5 Å². The molecular weight excluding hydrogens is 416 g/mol. The maximum absolute atomic E-state index is 11.6. The monoisotopic (exact) mass is 448 g/mol. The van der Waals surface area contributed by atoms with E-state index in [0.717, 1.165) is 54.3 Å². The predicted octanol–water partition coefficient (Wildman–Crippen LogP) is 5.27. The van der Waals surface area contributed by atoms with Gasteiger partial charge in [0.2, 0.25) is 5.89 Å². The number of hydrogen-bond acceptors (Lipinski definition) is 5. The number of ether oxygens (including phenoxy) is 1. The van der Waals surface area contributed by atoms with Crippen molar-refractivity contribution >= 4 is 5.97 Å². The van der Waals surface area contributed by atoms with Crippen LogP contribution in [-0.4, -0.2) is 40.7 Å². The topological polar surface area (TPSA) is 75.8 Å². The number of aromatic nitrogens is 1. The molecule has 174 valence electrons. The van der Waals surface area contributed by atoms with Crippen LogP contribution in [0.3, 0.4) is 0 Å². The first-order chi connectivity index (χ1) is 15.8. The van der Waals surface area contributed by atoms with Crippen LogP contribution in [0.4, 0.5) is 0 Å². The summed E-state index contributed by atoms with van der Waals surface area (Å²) in [6.45, 7) is 8.56.